The Morgan fingerprint density at radius 2 is 1.74 bits per heavy atom. The molecule has 1 fully saturated rings. The summed E-state index contributed by atoms with van der Waals surface area (Å²) in [6.07, 6.45) is 0.263. The minimum absolute atomic E-state index is 0.0133. The van der Waals surface area contributed by atoms with Crippen LogP contribution in [0, 0.1) is 5.82 Å². The highest BCUT2D eigenvalue weighted by Crippen LogP contribution is 2.30. The molecule has 1 N–H and O–H groups in total. The van der Waals surface area contributed by atoms with Crippen LogP contribution in [0.15, 0.2) is 65.6 Å². The zero-order valence-corrected chi connectivity index (χ0v) is 20.6. The van der Waals surface area contributed by atoms with Crippen molar-refractivity contribution in [3.63, 3.8) is 0 Å². The van der Waals surface area contributed by atoms with Gasteiger partial charge in [0.1, 0.15) is 11.9 Å². The first-order chi connectivity index (χ1) is 16.1. The minimum Gasteiger partial charge on any atom is -0.308 e. The van der Waals surface area contributed by atoms with Gasteiger partial charge < -0.3 is 4.90 Å². The van der Waals surface area contributed by atoms with Crippen molar-refractivity contribution in [2.75, 3.05) is 18.5 Å². The summed E-state index contributed by atoms with van der Waals surface area (Å²) < 4.78 is 43.5. The summed E-state index contributed by atoms with van der Waals surface area (Å²) in [7, 11) is -1.93. The molecule has 180 valence electrons. The second kappa shape index (κ2) is 9.44. The number of anilines is 1. The maximum Gasteiger partial charge on any atom is 0.245 e. The van der Waals surface area contributed by atoms with Crippen LogP contribution in [-0.2, 0) is 14.8 Å². The number of carbonyl (C=O) groups excluding carboxylic acids is 1. The van der Waals surface area contributed by atoms with E-state index in [-0.39, 0.29) is 29.6 Å². The van der Waals surface area contributed by atoms with Crippen LogP contribution in [0.5, 0.6) is 0 Å². The number of rotatable bonds is 7. The predicted octanol–water partition coefficient (Wildman–Crippen LogP) is 4.46. The molecule has 0 aliphatic carbocycles. The number of amides is 1. The van der Waals surface area contributed by atoms with Crippen molar-refractivity contribution in [2.24, 2.45) is 0 Å². The van der Waals surface area contributed by atoms with Gasteiger partial charge >= 0.3 is 0 Å². The molecule has 0 saturated carbocycles. The highest BCUT2D eigenvalue weighted by Gasteiger charge is 2.37. The van der Waals surface area contributed by atoms with E-state index in [1.165, 1.54) is 17.0 Å². The Labute approximate surface area is 200 Å². The van der Waals surface area contributed by atoms with Crippen molar-refractivity contribution in [3.05, 3.63) is 72.0 Å². The normalized spacial score (nSPS) is 17.8. The average molecular weight is 484 g/mol. The molecule has 0 bridgehead atoms. The second-order valence-corrected chi connectivity index (χ2v) is 10.8. The van der Waals surface area contributed by atoms with Gasteiger partial charge in [-0.1, -0.05) is 36.4 Å². The Balaban J connectivity index is 1.51. The van der Waals surface area contributed by atoms with Crippen molar-refractivity contribution in [1.29, 1.82) is 0 Å². The fourth-order valence-corrected chi connectivity index (χ4v) is 5.56. The number of carbonyl (C=O) groups is 1. The Bertz CT molecular complexity index is 1330. The number of fused-ring (bicyclic) bond motifs is 1. The summed E-state index contributed by atoms with van der Waals surface area (Å²) in [6.45, 7) is 6.39. The van der Waals surface area contributed by atoms with Gasteiger partial charge in [0.05, 0.1) is 10.6 Å². The fourth-order valence-electron chi connectivity index (χ4n) is 4.30. The topological polar surface area (TPSA) is 69.7 Å². The summed E-state index contributed by atoms with van der Waals surface area (Å²) in [5.41, 5.74) is 0.984. The molecule has 8 heteroatoms. The molecule has 1 aliphatic rings. The maximum atomic E-state index is 15.0. The lowest BCUT2D eigenvalue weighted by Gasteiger charge is -2.29. The van der Waals surface area contributed by atoms with E-state index in [0.29, 0.717) is 6.04 Å². The Kier molecular flexibility index (Phi) is 6.75. The number of halogens is 1. The van der Waals surface area contributed by atoms with Crippen LogP contribution < -0.4 is 9.62 Å². The molecule has 0 radical (unpaired) electrons. The van der Waals surface area contributed by atoms with E-state index in [2.05, 4.69) is 23.5 Å². The van der Waals surface area contributed by atoms with Crippen LogP contribution in [0.2, 0.25) is 0 Å². The van der Waals surface area contributed by atoms with Gasteiger partial charge in [0, 0.05) is 18.6 Å². The van der Waals surface area contributed by atoms with Gasteiger partial charge in [-0.25, -0.2) is 12.8 Å². The molecule has 1 saturated heterocycles. The van der Waals surface area contributed by atoms with Crippen molar-refractivity contribution in [2.45, 2.75) is 50.2 Å². The third-order valence-electron chi connectivity index (χ3n) is 6.70. The predicted molar refractivity (Wildman–Crippen MR) is 133 cm³/mol. The van der Waals surface area contributed by atoms with E-state index >= 15 is 4.39 Å². The number of hydrogen-bond acceptors (Lipinski definition) is 4. The highest BCUT2D eigenvalue weighted by atomic mass is 32.2. The summed E-state index contributed by atoms with van der Waals surface area (Å²) in [5.74, 6) is -0.948. The van der Waals surface area contributed by atoms with Gasteiger partial charge in [-0.2, -0.15) is 4.72 Å². The largest absolute Gasteiger partial charge is 0.308 e. The average Bonchev–Trinajstić information content (AvgIpc) is 3.16. The third kappa shape index (κ3) is 4.71. The molecule has 2 unspecified atom stereocenters. The van der Waals surface area contributed by atoms with Gasteiger partial charge in [-0.05, 0) is 74.8 Å². The molecule has 0 spiro atoms. The molecular weight excluding hydrogens is 453 g/mol. The first kappa shape index (κ1) is 24.3. The highest BCUT2D eigenvalue weighted by molar-refractivity contribution is 7.89. The molecular formula is C26H30FN3O3S. The van der Waals surface area contributed by atoms with Gasteiger partial charge in [-0.3, -0.25) is 9.69 Å². The summed E-state index contributed by atoms with van der Waals surface area (Å²) in [4.78, 5) is 16.6. The van der Waals surface area contributed by atoms with E-state index in [1.54, 1.807) is 18.2 Å². The fraction of sp³-hybridized carbons (Fsp3) is 0.346. The lowest BCUT2D eigenvalue weighted by Crippen LogP contribution is -2.41. The van der Waals surface area contributed by atoms with Crippen LogP contribution in [0.4, 0.5) is 10.1 Å². The number of hydrogen-bond donors (Lipinski definition) is 1. The van der Waals surface area contributed by atoms with Gasteiger partial charge in [0.2, 0.25) is 15.9 Å². The Morgan fingerprint density at radius 3 is 2.41 bits per heavy atom. The van der Waals surface area contributed by atoms with Gasteiger partial charge in [0.25, 0.3) is 0 Å². The molecule has 1 aliphatic heterocycles. The Hall–Kier alpha value is -2.81. The number of sulfonamides is 1. The van der Waals surface area contributed by atoms with E-state index < -0.39 is 27.8 Å². The zero-order valence-electron chi connectivity index (χ0n) is 19.8. The van der Waals surface area contributed by atoms with Crippen molar-refractivity contribution >= 4 is 32.4 Å². The smallest absolute Gasteiger partial charge is 0.245 e. The van der Waals surface area contributed by atoms with Crippen LogP contribution in [-0.4, -0.2) is 44.9 Å². The summed E-state index contributed by atoms with van der Waals surface area (Å²) in [5, 5.41) is 1.72. The van der Waals surface area contributed by atoms with Crippen molar-refractivity contribution < 1.29 is 17.6 Å². The SMILES string of the molecule is CC(C)N(C)C(C)c1ccc(N2CCC(NS(=O)(=O)c3ccc4ccccc4c3)C2=O)c(F)c1. The number of nitrogens with one attached hydrogen (secondary N) is 1. The maximum absolute atomic E-state index is 15.0. The summed E-state index contributed by atoms with van der Waals surface area (Å²) in [6, 6.07) is 16.6. The first-order valence-corrected chi connectivity index (χ1v) is 12.9. The number of nitrogens with zero attached hydrogens (tertiary/aromatic N) is 2. The van der Waals surface area contributed by atoms with E-state index in [9.17, 15) is 13.2 Å². The number of benzene rings is 3. The molecule has 0 aromatic heterocycles. The second-order valence-electron chi connectivity index (χ2n) is 9.11. The Morgan fingerprint density at radius 1 is 1.03 bits per heavy atom. The molecule has 1 amide bonds. The quantitative estimate of drug-likeness (QED) is 0.539. The van der Waals surface area contributed by atoms with Gasteiger partial charge in [0.15, 0.2) is 0 Å². The molecule has 6 nitrogen and oxygen atoms in total. The minimum atomic E-state index is -3.92. The van der Waals surface area contributed by atoms with E-state index in [1.807, 2.05) is 44.3 Å². The van der Waals surface area contributed by atoms with Crippen molar-refractivity contribution in [1.82, 2.24) is 9.62 Å². The van der Waals surface area contributed by atoms with Crippen LogP contribution >= 0.6 is 0 Å². The molecule has 1 heterocycles. The molecule has 2 atom stereocenters. The van der Waals surface area contributed by atoms with Crippen LogP contribution in [0.25, 0.3) is 10.8 Å². The van der Waals surface area contributed by atoms with Gasteiger partial charge in [-0.15, -0.1) is 0 Å². The van der Waals surface area contributed by atoms with Crippen molar-refractivity contribution in [3.8, 4) is 0 Å². The zero-order chi connectivity index (χ0) is 24.6. The summed E-state index contributed by atoms with van der Waals surface area (Å²) >= 11 is 0. The molecule has 3 aromatic carbocycles. The van der Waals surface area contributed by atoms with E-state index in [4.69, 9.17) is 0 Å². The monoisotopic (exact) mass is 483 g/mol. The lowest BCUT2D eigenvalue weighted by molar-refractivity contribution is -0.118. The lowest BCUT2D eigenvalue weighted by atomic mass is 10.0. The third-order valence-corrected chi connectivity index (χ3v) is 8.17. The first-order valence-electron chi connectivity index (χ1n) is 11.4. The standard InChI is InChI=1S/C26H30FN3O3S/c1-17(2)29(4)18(3)20-10-12-25(23(27)16-20)30-14-13-24(26(30)31)28-34(32,33)22-11-9-19-7-5-6-8-21(19)15-22/h5-12,15-18,24,28H,13-14H2,1-4H3. The van der Waals surface area contributed by atoms with Crippen LogP contribution in [0.3, 0.4) is 0 Å². The van der Waals surface area contributed by atoms with E-state index in [0.717, 1.165) is 16.3 Å². The molecule has 3 aromatic rings. The molecule has 34 heavy (non-hydrogen) atoms. The molecule has 4 rings (SSSR count). The van der Waals surface area contributed by atoms with Crippen LogP contribution in [0.1, 0.15) is 38.8 Å².